The predicted octanol–water partition coefficient (Wildman–Crippen LogP) is 3.38. The molecule has 2 unspecified atom stereocenters. The van der Waals surface area contributed by atoms with Gasteiger partial charge >= 0.3 is 0 Å². The van der Waals surface area contributed by atoms with E-state index in [0.29, 0.717) is 6.42 Å². The van der Waals surface area contributed by atoms with Gasteiger partial charge in [-0.2, -0.15) is 0 Å². The molecule has 2 aliphatic rings. The summed E-state index contributed by atoms with van der Waals surface area (Å²) in [5.41, 5.74) is -0.0590. The Balaban J connectivity index is 1.50. The summed E-state index contributed by atoms with van der Waals surface area (Å²) in [4.78, 5) is 24.4. The zero-order valence-electron chi connectivity index (χ0n) is 13.5. The molecule has 2 saturated carbocycles. The van der Waals surface area contributed by atoms with Crippen LogP contribution in [-0.4, -0.2) is 17.9 Å². The minimum Gasteiger partial charge on any atom is -0.353 e. The molecular weight excluding hydrogens is 314 g/mol. The lowest BCUT2D eigenvalue weighted by atomic mass is 10.1. The smallest absolute Gasteiger partial charge is 0.228 e. The summed E-state index contributed by atoms with van der Waals surface area (Å²) in [6.45, 7) is 0. The molecule has 0 heterocycles. The van der Waals surface area contributed by atoms with E-state index in [2.05, 4.69) is 10.6 Å². The van der Waals surface area contributed by atoms with Crippen LogP contribution in [0, 0.1) is 23.5 Å². The molecular formula is C18H22F2N2O2. The molecule has 0 aliphatic heterocycles. The van der Waals surface area contributed by atoms with Crippen molar-refractivity contribution < 1.29 is 18.4 Å². The average molecular weight is 336 g/mol. The summed E-state index contributed by atoms with van der Waals surface area (Å²) >= 11 is 0. The number of benzene rings is 1. The Kier molecular flexibility index (Phi) is 5.11. The Labute approximate surface area is 140 Å². The first-order valence-corrected chi connectivity index (χ1v) is 8.61. The Hall–Kier alpha value is -1.98. The fraction of sp³-hybridized carbons (Fsp3) is 0.556. The van der Waals surface area contributed by atoms with Crippen LogP contribution in [0.25, 0.3) is 0 Å². The number of hydrogen-bond donors (Lipinski definition) is 2. The molecule has 0 spiro atoms. The number of rotatable bonds is 4. The van der Waals surface area contributed by atoms with E-state index < -0.39 is 17.6 Å². The second-order valence-corrected chi connectivity index (χ2v) is 6.76. The quantitative estimate of drug-likeness (QED) is 0.828. The SMILES string of the molecule is O=C(Nc1ccc(F)cc1F)C1CC1C(=O)NC1CCCCCC1. The van der Waals surface area contributed by atoms with Crippen molar-refractivity contribution >= 4 is 17.5 Å². The third-order valence-electron chi connectivity index (χ3n) is 4.85. The summed E-state index contributed by atoms with van der Waals surface area (Å²) in [6, 6.07) is 3.20. The van der Waals surface area contributed by atoms with Crippen LogP contribution in [0.4, 0.5) is 14.5 Å². The lowest BCUT2D eigenvalue weighted by Gasteiger charge is -2.16. The highest BCUT2D eigenvalue weighted by Gasteiger charge is 2.48. The first-order chi connectivity index (χ1) is 11.5. The molecule has 0 aromatic heterocycles. The molecule has 4 nitrogen and oxygen atoms in total. The van der Waals surface area contributed by atoms with Gasteiger partial charge in [-0.3, -0.25) is 9.59 Å². The number of halogens is 2. The normalized spacial score (nSPS) is 24.1. The Morgan fingerprint density at radius 3 is 2.29 bits per heavy atom. The highest BCUT2D eigenvalue weighted by molar-refractivity contribution is 5.99. The molecule has 130 valence electrons. The van der Waals surface area contributed by atoms with Crippen LogP contribution in [0.1, 0.15) is 44.9 Å². The van der Waals surface area contributed by atoms with Crippen LogP contribution in [0.5, 0.6) is 0 Å². The van der Waals surface area contributed by atoms with Gasteiger partial charge < -0.3 is 10.6 Å². The van der Waals surface area contributed by atoms with Crippen molar-refractivity contribution in [3.8, 4) is 0 Å². The van der Waals surface area contributed by atoms with Crippen LogP contribution < -0.4 is 10.6 Å². The molecule has 2 fully saturated rings. The minimum atomic E-state index is -0.816. The second-order valence-electron chi connectivity index (χ2n) is 6.76. The molecule has 6 heteroatoms. The summed E-state index contributed by atoms with van der Waals surface area (Å²) in [5, 5.41) is 5.48. The maximum atomic E-state index is 13.6. The van der Waals surface area contributed by atoms with E-state index in [9.17, 15) is 18.4 Å². The molecule has 0 radical (unpaired) electrons. The third-order valence-corrected chi connectivity index (χ3v) is 4.85. The molecule has 2 atom stereocenters. The molecule has 2 N–H and O–H groups in total. The maximum absolute atomic E-state index is 13.6. The molecule has 24 heavy (non-hydrogen) atoms. The lowest BCUT2D eigenvalue weighted by Crippen LogP contribution is -2.36. The van der Waals surface area contributed by atoms with Gasteiger partial charge in [0.2, 0.25) is 11.8 Å². The van der Waals surface area contributed by atoms with Crippen molar-refractivity contribution in [2.24, 2.45) is 11.8 Å². The van der Waals surface area contributed by atoms with Crippen molar-refractivity contribution in [3.05, 3.63) is 29.8 Å². The zero-order valence-corrected chi connectivity index (χ0v) is 13.5. The first-order valence-electron chi connectivity index (χ1n) is 8.61. The van der Waals surface area contributed by atoms with Crippen molar-refractivity contribution in [2.45, 2.75) is 51.0 Å². The third kappa shape index (κ3) is 4.10. The van der Waals surface area contributed by atoms with Gasteiger partial charge in [-0.1, -0.05) is 25.7 Å². The topological polar surface area (TPSA) is 58.2 Å². The summed E-state index contributed by atoms with van der Waals surface area (Å²) < 4.78 is 26.4. The Bertz CT molecular complexity index is 627. The number of carbonyl (C=O) groups is 2. The van der Waals surface area contributed by atoms with E-state index in [4.69, 9.17) is 0 Å². The number of nitrogens with one attached hydrogen (secondary N) is 2. The van der Waals surface area contributed by atoms with Crippen molar-refractivity contribution in [1.82, 2.24) is 5.32 Å². The first kappa shape index (κ1) is 16.9. The van der Waals surface area contributed by atoms with Crippen LogP contribution in [0.15, 0.2) is 18.2 Å². The van der Waals surface area contributed by atoms with Gasteiger partial charge in [-0.25, -0.2) is 8.78 Å². The van der Waals surface area contributed by atoms with Crippen LogP contribution >= 0.6 is 0 Å². The predicted molar refractivity (Wildman–Crippen MR) is 86.2 cm³/mol. The van der Waals surface area contributed by atoms with E-state index in [1.807, 2.05) is 0 Å². The fourth-order valence-electron chi connectivity index (χ4n) is 3.32. The monoisotopic (exact) mass is 336 g/mol. The molecule has 1 aromatic carbocycles. The van der Waals surface area contributed by atoms with E-state index in [-0.39, 0.29) is 29.5 Å². The van der Waals surface area contributed by atoms with Gasteiger partial charge in [-0.05, 0) is 31.4 Å². The van der Waals surface area contributed by atoms with Crippen molar-refractivity contribution in [2.75, 3.05) is 5.32 Å². The van der Waals surface area contributed by atoms with E-state index in [1.54, 1.807) is 0 Å². The van der Waals surface area contributed by atoms with Crippen LogP contribution in [0.3, 0.4) is 0 Å². The van der Waals surface area contributed by atoms with Gasteiger partial charge in [0, 0.05) is 12.1 Å². The number of amides is 2. The van der Waals surface area contributed by atoms with Crippen molar-refractivity contribution in [1.29, 1.82) is 0 Å². The molecule has 2 aliphatic carbocycles. The van der Waals surface area contributed by atoms with E-state index in [1.165, 1.54) is 18.9 Å². The second kappa shape index (κ2) is 7.28. The van der Waals surface area contributed by atoms with Gasteiger partial charge in [-0.15, -0.1) is 0 Å². The van der Waals surface area contributed by atoms with Crippen LogP contribution in [0.2, 0.25) is 0 Å². The Morgan fingerprint density at radius 2 is 1.62 bits per heavy atom. The molecule has 2 amide bonds. The zero-order chi connectivity index (χ0) is 17.1. The lowest BCUT2D eigenvalue weighted by molar-refractivity contribution is -0.125. The van der Waals surface area contributed by atoms with Gasteiger partial charge in [0.05, 0.1) is 17.5 Å². The standard InChI is InChI=1S/C18H22F2N2O2/c19-11-7-8-16(15(20)9-11)22-18(24)14-10-13(14)17(23)21-12-5-3-1-2-4-6-12/h7-9,12-14H,1-6,10H2,(H,21,23)(H,22,24). The van der Waals surface area contributed by atoms with Gasteiger partial charge in [0.25, 0.3) is 0 Å². The summed E-state index contributed by atoms with van der Waals surface area (Å²) in [5.74, 6) is -2.75. The summed E-state index contributed by atoms with van der Waals surface area (Å²) in [6.07, 6.45) is 7.15. The molecule has 1 aromatic rings. The van der Waals surface area contributed by atoms with E-state index in [0.717, 1.165) is 37.8 Å². The highest BCUT2D eigenvalue weighted by atomic mass is 19.1. The van der Waals surface area contributed by atoms with Crippen LogP contribution in [-0.2, 0) is 9.59 Å². The van der Waals surface area contributed by atoms with Gasteiger partial charge in [0.15, 0.2) is 0 Å². The minimum absolute atomic E-state index is 0.0590. The van der Waals surface area contributed by atoms with Gasteiger partial charge in [0.1, 0.15) is 11.6 Å². The van der Waals surface area contributed by atoms with E-state index >= 15 is 0 Å². The Morgan fingerprint density at radius 1 is 0.958 bits per heavy atom. The summed E-state index contributed by atoms with van der Waals surface area (Å²) in [7, 11) is 0. The number of anilines is 1. The molecule has 0 saturated heterocycles. The maximum Gasteiger partial charge on any atom is 0.228 e. The molecule has 0 bridgehead atoms. The number of hydrogen-bond acceptors (Lipinski definition) is 2. The molecule has 3 rings (SSSR count). The highest BCUT2D eigenvalue weighted by Crippen LogP contribution is 2.40. The largest absolute Gasteiger partial charge is 0.353 e. The van der Waals surface area contributed by atoms with Crippen molar-refractivity contribution in [3.63, 3.8) is 0 Å². The number of carbonyl (C=O) groups excluding carboxylic acids is 2. The fourth-order valence-corrected chi connectivity index (χ4v) is 3.32. The average Bonchev–Trinajstić information content (AvgIpc) is 3.34.